The smallest absolute Gasteiger partial charge is 0.276 e. The van der Waals surface area contributed by atoms with Crippen molar-refractivity contribution in [1.82, 2.24) is 40.1 Å². The van der Waals surface area contributed by atoms with Crippen LogP contribution in [0, 0.1) is 0 Å². The molecule has 2 aromatic heterocycles. The Morgan fingerprint density at radius 3 is 2.78 bits per heavy atom. The van der Waals surface area contributed by atoms with Crippen molar-refractivity contribution in [2.45, 2.75) is 50.7 Å². The molecule has 0 aliphatic carbocycles. The van der Waals surface area contributed by atoms with Crippen molar-refractivity contribution < 1.29 is 19.2 Å². The number of likely N-dealkylation sites (tertiary alicyclic amines) is 1. The molecule has 3 aliphatic heterocycles. The Balaban J connectivity index is 1.22. The number of piperidine rings is 2. The van der Waals surface area contributed by atoms with Crippen LogP contribution in [0.4, 0.5) is 0 Å². The van der Waals surface area contributed by atoms with Gasteiger partial charge in [0.1, 0.15) is 11.9 Å². The van der Waals surface area contributed by atoms with Gasteiger partial charge in [0.25, 0.3) is 11.8 Å². The van der Waals surface area contributed by atoms with Crippen LogP contribution in [0.15, 0.2) is 36.8 Å². The average molecular weight is 489 g/mol. The van der Waals surface area contributed by atoms with Crippen molar-refractivity contribution in [3.63, 3.8) is 0 Å². The molecule has 2 atom stereocenters. The summed E-state index contributed by atoms with van der Waals surface area (Å²) in [6.45, 7) is 0.908. The van der Waals surface area contributed by atoms with Crippen molar-refractivity contribution in [3.05, 3.63) is 59.4 Å². The minimum atomic E-state index is -0.673. The second kappa shape index (κ2) is 8.70. The van der Waals surface area contributed by atoms with Crippen LogP contribution in [0.5, 0.6) is 0 Å². The monoisotopic (exact) mass is 488 g/mol. The number of rotatable bonds is 4. The lowest BCUT2D eigenvalue weighted by atomic mass is 10.0. The van der Waals surface area contributed by atoms with Crippen LogP contribution in [-0.2, 0) is 16.1 Å². The molecular weight excluding hydrogens is 464 g/mol. The molecule has 5 heterocycles. The highest BCUT2D eigenvalue weighted by molar-refractivity contribution is 6.05. The fraction of sp³-hybridized carbons (Fsp3) is 0.375. The van der Waals surface area contributed by atoms with Gasteiger partial charge in [-0.3, -0.25) is 24.5 Å². The summed E-state index contributed by atoms with van der Waals surface area (Å²) in [6, 6.07) is 4.50. The van der Waals surface area contributed by atoms with E-state index in [-0.39, 0.29) is 35.9 Å². The van der Waals surface area contributed by atoms with Gasteiger partial charge in [-0.2, -0.15) is 0 Å². The van der Waals surface area contributed by atoms with E-state index in [0.29, 0.717) is 30.8 Å². The van der Waals surface area contributed by atoms with Crippen LogP contribution in [0.3, 0.4) is 0 Å². The summed E-state index contributed by atoms with van der Waals surface area (Å²) in [5, 5.41) is 10.6. The molecule has 3 aromatic rings. The number of carbonyl (C=O) groups excluding carboxylic acids is 4. The van der Waals surface area contributed by atoms with E-state index in [0.717, 1.165) is 30.7 Å². The van der Waals surface area contributed by atoms with Gasteiger partial charge in [-0.25, -0.2) is 9.67 Å². The van der Waals surface area contributed by atoms with Gasteiger partial charge in [-0.1, -0.05) is 11.3 Å². The Bertz CT molecular complexity index is 1360. The maximum absolute atomic E-state index is 13.3. The fourth-order valence-corrected chi connectivity index (χ4v) is 5.24. The van der Waals surface area contributed by atoms with E-state index < -0.39 is 11.9 Å². The Labute approximate surface area is 205 Å². The Morgan fingerprint density at radius 2 is 1.97 bits per heavy atom. The lowest BCUT2D eigenvalue weighted by molar-refractivity contribution is -0.136. The molecule has 6 rings (SSSR count). The summed E-state index contributed by atoms with van der Waals surface area (Å²) >= 11 is 0. The molecule has 36 heavy (non-hydrogen) atoms. The van der Waals surface area contributed by atoms with E-state index in [4.69, 9.17) is 0 Å². The number of fused-ring (bicyclic) bond motifs is 1. The number of imidazole rings is 1. The maximum Gasteiger partial charge on any atom is 0.276 e. The molecule has 0 bridgehead atoms. The number of carbonyl (C=O) groups is 4. The molecule has 0 saturated carbocycles. The van der Waals surface area contributed by atoms with Gasteiger partial charge in [-0.05, 0) is 43.4 Å². The molecule has 2 N–H and O–H groups in total. The molecule has 0 spiro atoms. The number of amides is 4. The van der Waals surface area contributed by atoms with E-state index in [2.05, 4.69) is 25.6 Å². The van der Waals surface area contributed by atoms with E-state index >= 15 is 0 Å². The zero-order valence-corrected chi connectivity index (χ0v) is 19.4. The first-order valence-corrected chi connectivity index (χ1v) is 12.0. The van der Waals surface area contributed by atoms with Crippen LogP contribution in [-0.4, -0.2) is 71.0 Å². The molecule has 1 aromatic carbocycles. The summed E-state index contributed by atoms with van der Waals surface area (Å²) < 4.78 is 1.47. The highest BCUT2D eigenvalue weighted by atomic mass is 16.2. The summed E-state index contributed by atoms with van der Waals surface area (Å²) in [5.41, 5.74) is 2.06. The maximum atomic E-state index is 13.3. The summed E-state index contributed by atoms with van der Waals surface area (Å²) in [5.74, 6) is -0.499. The van der Waals surface area contributed by atoms with Crippen molar-refractivity contribution in [1.29, 1.82) is 0 Å². The Kier molecular flexibility index (Phi) is 5.35. The highest BCUT2D eigenvalue weighted by Crippen LogP contribution is 2.31. The highest BCUT2D eigenvalue weighted by Gasteiger charge is 2.39. The fourth-order valence-electron chi connectivity index (χ4n) is 5.24. The van der Waals surface area contributed by atoms with Crippen molar-refractivity contribution in [2.24, 2.45) is 0 Å². The normalized spacial score (nSPS) is 22.1. The Hall–Kier alpha value is -4.35. The first-order chi connectivity index (χ1) is 17.5. The number of benzene rings is 1. The van der Waals surface area contributed by atoms with Crippen LogP contribution >= 0.6 is 0 Å². The lowest BCUT2D eigenvalue weighted by Crippen LogP contribution is -2.52. The number of aromatic nitrogens is 5. The molecule has 12 nitrogen and oxygen atoms in total. The summed E-state index contributed by atoms with van der Waals surface area (Å²) in [6.07, 6.45) is 8.25. The van der Waals surface area contributed by atoms with Crippen molar-refractivity contribution >= 4 is 23.6 Å². The third-order valence-corrected chi connectivity index (χ3v) is 7.09. The van der Waals surface area contributed by atoms with Gasteiger partial charge < -0.3 is 14.8 Å². The van der Waals surface area contributed by atoms with E-state index in [1.54, 1.807) is 35.6 Å². The SMILES string of the molecule is O=C1CCC(N2Cc3ccc(-n4cc(C(=O)N5CCCCC5c5ncc[nH]5)nn4)cc3C2=O)C(=O)N1. The quantitative estimate of drug-likeness (QED) is 0.523. The predicted octanol–water partition coefficient (Wildman–Crippen LogP) is 1.12. The van der Waals surface area contributed by atoms with Crippen LogP contribution in [0.25, 0.3) is 5.69 Å². The largest absolute Gasteiger partial charge is 0.347 e. The van der Waals surface area contributed by atoms with Crippen LogP contribution in [0.2, 0.25) is 0 Å². The third kappa shape index (κ3) is 3.74. The molecular formula is C24H24N8O4. The number of H-pyrrole nitrogens is 1. The van der Waals surface area contributed by atoms with E-state index in [9.17, 15) is 19.2 Å². The molecule has 184 valence electrons. The van der Waals surface area contributed by atoms with Gasteiger partial charge in [0, 0.05) is 37.5 Å². The second-order valence-corrected chi connectivity index (χ2v) is 9.27. The van der Waals surface area contributed by atoms with Gasteiger partial charge in [0.15, 0.2) is 5.69 Å². The van der Waals surface area contributed by atoms with Crippen LogP contribution < -0.4 is 5.32 Å². The summed E-state index contributed by atoms with van der Waals surface area (Å²) in [7, 11) is 0. The average Bonchev–Trinajstić information content (AvgIpc) is 3.65. The number of hydrogen-bond acceptors (Lipinski definition) is 7. The zero-order valence-electron chi connectivity index (χ0n) is 19.4. The first kappa shape index (κ1) is 22.1. The third-order valence-electron chi connectivity index (χ3n) is 7.09. The van der Waals surface area contributed by atoms with Gasteiger partial charge in [0.05, 0.1) is 17.9 Å². The summed E-state index contributed by atoms with van der Waals surface area (Å²) in [4.78, 5) is 60.9. The van der Waals surface area contributed by atoms with Gasteiger partial charge >= 0.3 is 0 Å². The molecule has 2 saturated heterocycles. The minimum absolute atomic E-state index is 0.137. The molecule has 2 unspecified atom stereocenters. The molecule has 2 fully saturated rings. The first-order valence-electron chi connectivity index (χ1n) is 12.0. The molecule has 12 heteroatoms. The number of nitrogens with one attached hydrogen (secondary N) is 2. The van der Waals surface area contributed by atoms with Crippen LogP contribution in [0.1, 0.15) is 70.4 Å². The second-order valence-electron chi connectivity index (χ2n) is 9.27. The standard InChI is InChI=1S/C24H24N8O4/c33-20-7-6-19(22(34)27-20)31-12-14-4-5-15(11-16(14)23(31)35)32-13-17(28-29-32)24(36)30-10-2-1-3-18(30)21-25-8-9-26-21/h4-5,8-9,11,13,18-19H,1-3,6-7,10,12H2,(H,25,26)(H,27,33,34). The van der Waals surface area contributed by atoms with Gasteiger partial charge in [0.2, 0.25) is 11.8 Å². The minimum Gasteiger partial charge on any atom is -0.347 e. The van der Waals surface area contributed by atoms with Crippen molar-refractivity contribution in [3.8, 4) is 5.69 Å². The number of hydrogen-bond donors (Lipinski definition) is 2. The Morgan fingerprint density at radius 1 is 1.08 bits per heavy atom. The number of imide groups is 1. The molecule has 4 amide bonds. The van der Waals surface area contributed by atoms with Gasteiger partial charge in [-0.15, -0.1) is 5.10 Å². The van der Waals surface area contributed by atoms with E-state index in [1.165, 1.54) is 9.58 Å². The topological polar surface area (TPSA) is 146 Å². The van der Waals surface area contributed by atoms with Crippen molar-refractivity contribution in [2.75, 3.05) is 6.54 Å². The molecule has 0 radical (unpaired) electrons. The van der Waals surface area contributed by atoms with E-state index in [1.807, 2.05) is 6.07 Å². The number of nitrogens with zero attached hydrogens (tertiary/aromatic N) is 6. The predicted molar refractivity (Wildman–Crippen MR) is 124 cm³/mol. The lowest BCUT2D eigenvalue weighted by Gasteiger charge is -2.33. The molecule has 3 aliphatic rings. The zero-order chi connectivity index (χ0) is 24.8. The number of aromatic amines is 1.